The second-order valence-electron chi connectivity index (χ2n) is 33.3. The Kier molecular flexibility index (Phi) is 29.1. The molecule has 2 bridgehead atoms. The van der Waals surface area contributed by atoms with Crippen LogP contribution < -0.4 is 51.4 Å². The third-order valence-electron chi connectivity index (χ3n) is 24.3. The second kappa shape index (κ2) is 40.1. The van der Waals surface area contributed by atoms with Gasteiger partial charge in [-0.3, -0.25) is 53.1 Å². The Balaban J connectivity index is 0.558. The third kappa shape index (κ3) is 21.0. The summed E-state index contributed by atoms with van der Waals surface area (Å²) < 4.78 is 24.8. The van der Waals surface area contributed by atoms with Crippen LogP contribution in [0.3, 0.4) is 0 Å². The number of aliphatic hydroxyl groups excluding tert-OH is 2. The third-order valence-corrected chi connectivity index (χ3v) is 25.3. The standard InChI is InChI=1S/C88H114N18O14S/c1-55(2)79(85(114)104-51-66(108)45-71(104)84(113)94-57(4)60-21-23-61(24-22-60)80-58(5)93-54-121-80)74-47-76(98-120-74)118-42-40-100-38-39-101(56(3)48-100)41-43-117-75-44-63(31-35-91-75)105-64-27-28-65(105)50-102(49-64)70-46-68(96-97-81(70)89)67-16-9-10-18-73(67)119-53-59-19-25-62(26-20-59)95-83(112)69(17-11-14-36-99(6)7)103(87(116)88(86(90)115)32-15-33-88)37-13-8-12-34-92-82(111)72(52-107)106-77(109)29-30-78(106)110/h9-10,16,18-26,29-31,35,44,46-47,54-57,64-66,69,71-72,79,107-108H,8,11-15,17,27-28,32-34,36-43,45,48-53H2,1-7H3,(H2,89,97)(H2,90,115)(H,92,111)(H,94,113)(H,95,112)/t56-,57+,64?,65?,66-,69+,71+,72+,79-/m1/s1. The molecule has 9 N–H and O–H groups in total. The molecule has 0 radical (unpaired) electrons. The molecule has 32 nitrogen and oxygen atoms in total. The van der Waals surface area contributed by atoms with E-state index < -0.39 is 77.6 Å². The Morgan fingerprint density at radius 1 is 0.793 bits per heavy atom. The molecule has 6 aliphatic rings. The number of unbranched alkanes of at least 4 members (excludes halogenated alkanes) is 3. The van der Waals surface area contributed by atoms with Crippen LogP contribution in [0, 0.1) is 18.3 Å². The predicted molar refractivity (Wildman–Crippen MR) is 457 cm³/mol. The van der Waals surface area contributed by atoms with E-state index in [9.17, 15) is 48.6 Å². The number of benzene rings is 3. The van der Waals surface area contributed by atoms with Crippen LogP contribution in [0.5, 0.6) is 17.5 Å². The van der Waals surface area contributed by atoms with Crippen molar-refractivity contribution in [2.45, 2.75) is 173 Å². The average Bonchev–Trinajstić information content (AvgIpc) is 1.71. The second-order valence-corrected chi connectivity index (χ2v) is 34.1. The summed E-state index contributed by atoms with van der Waals surface area (Å²) in [5.74, 6) is -3.20. The lowest BCUT2D eigenvalue weighted by Crippen LogP contribution is -2.59. The fraction of sp³-hybridized carbons (Fsp3) is 0.511. The van der Waals surface area contributed by atoms with Crippen molar-refractivity contribution in [3.05, 3.63) is 144 Å². The van der Waals surface area contributed by atoms with E-state index >= 15 is 0 Å². The fourth-order valence-corrected chi connectivity index (χ4v) is 18.3. The van der Waals surface area contributed by atoms with E-state index in [1.54, 1.807) is 29.5 Å². The van der Waals surface area contributed by atoms with Crippen molar-refractivity contribution in [1.29, 1.82) is 0 Å². The molecule has 646 valence electrons. The number of anilines is 4. The van der Waals surface area contributed by atoms with Gasteiger partial charge in [0, 0.05) is 137 Å². The van der Waals surface area contributed by atoms with Crippen LogP contribution in [0.15, 0.2) is 125 Å². The van der Waals surface area contributed by atoms with Gasteiger partial charge in [-0.2, -0.15) is 0 Å². The number of hydrogen-bond donors (Lipinski definition) is 7. The summed E-state index contributed by atoms with van der Waals surface area (Å²) in [4.78, 5) is 134. The van der Waals surface area contributed by atoms with Crippen molar-refractivity contribution in [2.24, 2.45) is 17.1 Å². The van der Waals surface area contributed by atoms with Crippen LogP contribution in [0.4, 0.5) is 22.9 Å². The molecule has 3 aromatic carbocycles. The van der Waals surface area contributed by atoms with Gasteiger partial charge in [0.25, 0.3) is 17.7 Å². The maximum Gasteiger partial charge on any atom is 0.254 e. The molecule has 13 rings (SSSR count). The van der Waals surface area contributed by atoms with Crippen LogP contribution in [-0.2, 0) is 45.0 Å². The number of rotatable bonds is 40. The summed E-state index contributed by atoms with van der Waals surface area (Å²) in [5, 5.41) is 42.8. The Labute approximate surface area is 709 Å². The van der Waals surface area contributed by atoms with Crippen molar-refractivity contribution >= 4 is 81.5 Å². The van der Waals surface area contributed by atoms with Gasteiger partial charge in [-0.05, 0) is 170 Å². The molecule has 4 saturated heterocycles. The maximum atomic E-state index is 14.7. The molecule has 5 aliphatic heterocycles. The minimum Gasteiger partial charge on any atom is -0.488 e. The van der Waals surface area contributed by atoms with E-state index in [0.717, 1.165) is 108 Å². The molecule has 5 fully saturated rings. The molecule has 4 aromatic heterocycles. The maximum absolute atomic E-state index is 14.7. The average molecular weight is 1680 g/mol. The number of piperazine rings is 2. The SMILES string of the molecule is Cc1ncsc1-c1ccc([C@H](C)NC(=O)[C@@H]2C[C@@H](O)CN2C(=O)[C@@H](c2cc(OCCN3CCN(CCOc4cc(N5C6CCC5CN(c5cc(-c7ccccc7OCc7ccc(NC(=O)[C@H](CCCCN(C)C)N(CCCCCNC(=O)[C@H](CO)N8C(=O)C=CC8=O)C(=O)C8(C(N)=O)CCC8)cc7)nnc5N)C6)ccn4)[C@H](C)C3)no2)C(C)C)cc1. The topological polar surface area (TPSA) is 396 Å². The molecule has 0 spiro atoms. The highest BCUT2D eigenvalue weighted by Crippen LogP contribution is 2.45. The minimum absolute atomic E-state index is 0.0276. The summed E-state index contributed by atoms with van der Waals surface area (Å²) in [5.41, 5.74) is 20.5. The molecule has 1 saturated carbocycles. The Morgan fingerprint density at radius 2 is 1.52 bits per heavy atom. The minimum atomic E-state index is -1.42. The van der Waals surface area contributed by atoms with Crippen LogP contribution in [0.1, 0.15) is 139 Å². The number of aliphatic hydroxyl groups is 2. The van der Waals surface area contributed by atoms with E-state index in [4.69, 9.17) is 30.2 Å². The number of amides is 8. The van der Waals surface area contributed by atoms with E-state index in [2.05, 4.69) is 73.9 Å². The number of ether oxygens (including phenoxy) is 3. The largest absolute Gasteiger partial charge is 0.488 e. The molecule has 1 aliphatic carbocycles. The number of likely N-dealkylation sites (tertiary alicyclic amines) is 1. The summed E-state index contributed by atoms with van der Waals surface area (Å²) in [7, 11) is 3.93. The van der Waals surface area contributed by atoms with E-state index in [0.29, 0.717) is 111 Å². The number of nitrogens with one attached hydrogen (secondary N) is 3. The van der Waals surface area contributed by atoms with Gasteiger partial charge in [0.15, 0.2) is 11.6 Å². The van der Waals surface area contributed by atoms with Gasteiger partial charge in [-0.25, -0.2) is 9.97 Å². The summed E-state index contributed by atoms with van der Waals surface area (Å²) in [6.07, 6.45) is 9.39. The predicted octanol–water partition coefficient (Wildman–Crippen LogP) is 7.12. The number of aromatic nitrogens is 5. The number of nitrogens with two attached hydrogens (primary N) is 2. The number of hydrogen-bond acceptors (Lipinski definition) is 26. The summed E-state index contributed by atoms with van der Waals surface area (Å²) >= 11 is 1.58. The molecule has 121 heavy (non-hydrogen) atoms. The monoisotopic (exact) mass is 1680 g/mol. The Morgan fingerprint density at radius 3 is 2.21 bits per heavy atom. The number of carbonyl (C=O) groups excluding carboxylic acids is 8. The van der Waals surface area contributed by atoms with Crippen LogP contribution in [0.25, 0.3) is 21.7 Å². The number of aryl methyl sites for hydroxylation is 1. The van der Waals surface area contributed by atoms with Crippen molar-refractivity contribution in [1.82, 2.24) is 65.4 Å². The first-order valence-electron chi connectivity index (χ1n) is 42.3. The number of para-hydroxylation sites is 1. The number of carbonyl (C=O) groups is 8. The molecule has 7 aromatic rings. The Hall–Kier alpha value is -11.0. The highest BCUT2D eigenvalue weighted by Gasteiger charge is 2.53. The van der Waals surface area contributed by atoms with Crippen LogP contribution in [0.2, 0.25) is 0 Å². The zero-order valence-corrected chi connectivity index (χ0v) is 70.9. The van der Waals surface area contributed by atoms with Gasteiger partial charge in [-0.1, -0.05) is 68.8 Å². The molecular weight excluding hydrogens is 1570 g/mol. The number of thiazole rings is 1. The number of imide groups is 1. The zero-order chi connectivity index (χ0) is 85.6. The normalized spacial score (nSPS) is 20.0. The van der Waals surface area contributed by atoms with Gasteiger partial charge < -0.3 is 80.9 Å². The number of β-amino-alcohol motifs (C(OH)–C–C–N with tert-alkyl or cyclic N) is 1. The molecule has 2 unspecified atom stereocenters. The van der Waals surface area contributed by atoms with Gasteiger partial charge in [0.05, 0.1) is 46.2 Å². The molecule has 9 heterocycles. The van der Waals surface area contributed by atoms with Crippen molar-refractivity contribution in [2.75, 3.05) is 127 Å². The van der Waals surface area contributed by atoms with Crippen molar-refractivity contribution < 1.29 is 67.3 Å². The number of nitrogens with zero attached hydrogens (tertiary/aromatic N) is 13. The van der Waals surface area contributed by atoms with Gasteiger partial charge in [-0.15, -0.1) is 21.5 Å². The molecule has 33 heteroatoms. The number of pyridine rings is 1. The van der Waals surface area contributed by atoms with Crippen LogP contribution in [-0.4, -0.2) is 260 Å². The fourth-order valence-electron chi connectivity index (χ4n) is 17.4. The van der Waals surface area contributed by atoms with Crippen LogP contribution >= 0.6 is 11.3 Å². The summed E-state index contributed by atoms with van der Waals surface area (Å²) in [6, 6.07) is 27.8. The quantitative estimate of drug-likeness (QED) is 0.0114. The van der Waals surface area contributed by atoms with Crippen molar-refractivity contribution in [3.63, 3.8) is 0 Å². The highest BCUT2D eigenvalue weighted by atomic mass is 32.1. The smallest absolute Gasteiger partial charge is 0.254 e. The van der Waals surface area contributed by atoms with E-state index in [1.165, 1.54) is 9.80 Å². The van der Waals surface area contributed by atoms with Gasteiger partial charge >= 0.3 is 0 Å². The first kappa shape index (κ1) is 87.8. The lowest BCUT2D eigenvalue weighted by Gasteiger charge is -2.43. The number of fused-ring (bicyclic) bond motifs is 2. The van der Waals surface area contributed by atoms with E-state index in [1.807, 2.05) is 131 Å². The molecule has 9 atom stereocenters. The summed E-state index contributed by atoms with van der Waals surface area (Å²) in [6.45, 7) is 16.6. The molecular formula is C88H114N18O14S. The first-order chi connectivity index (χ1) is 58.3. The Bertz CT molecular complexity index is 4780. The van der Waals surface area contributed by atoms with Crippen molar-refractivity contribution in [3.8, 4) is 39.2 Å². The first-order valence-corrected chi connectivity index (χ1v) is 43.1. The highest BCUT2D eigenvalue weighted by molar-refractivity contribution is 7.13. The lowest BCUT2D eigenvalue weighted by atomic mass is 9.67. The zero-order valence-electron chi connectivity index (χ0n) is 70.1. The lowest BCUT2D eigenvalue weighted by molar-refractivity contribution is -0.159. The number of primary amides is 1. The molecule has 8 amide bonds. The van der Waals surface area contributed by atoms with Gasteiger partial charge in [0.2, 0.25) is 41.3 Å². The number of nitrogen functional groups attached to an aromatic ring is 1. The van der Waals surface area contributed by atoms with E-state index in [-0.39, 0.29) is 93.3 Å². The van der Waals surface area contributed by atoms with Gasteiger partial charge in [0.1, 0.15) is 55.0 Å².